The fourth-order valence-corrected chi connectivity index (χ4v) is 0.125. The summed E-state index contributed by atoms with van der Waals surface area (Å²) in [5, 5.41) is 23.8. The molecule has 0 rings (SSSR count). The summed E-state index contributed by atoms with van der Waals surface area (Å²) in [6.07, 6.45) is -0.491. The minimum atomic E-state index is -1.32. The van der Waals surface area contributed by atoms with Crippen molar-refractivity contribution in [2.45, 2.75) is 13.2 Å². The van der Waals surface area contributed by atoms with E-state index in [0.29, 0.717) is 0 Å². The highest BCUT2D eigenvalue weighted by Crippen LogP contribution is 1.80. The second kappa shape index (κ2) is 7.48. The van der Waals surface area contributed by atoms with Gasteiger partial charge in [0.1, 0.15) is 0 Å². The van der Waals surface area contributed by atoms with Gasteiger partial charge in [-0.1, -0.05) is 6.58 Å². The van der Waals surface area contributed by atoms with Gasteiger partial charge in [0.2, 0.25) is 0 Å². The summed E-state index contributed by atoms with van der Waals surface area (Å²) in [6, 6.07) is 0. The molecule has 0 fully saturated rings. The summed E-state index contributed by atoms with van der Waals surface area (Å²) in [5.74, 6) is -0.981. The number of carboxylic acids is 1. The zero-order chi connectivity index (χ0) is 10.1. The van der Waals surface area contributed by atoms with Crippen LogP contribution in [0.4, 0.5) is 0 Å². The maximum absolute atomic E-state index is 9.25. The molecule has 70 valence electrons. The molecule has 0 aliphatic rings. The molecule has 0 saturated heterocycles. The van der Waals surface area contributed by atoms with Crippen LogP contribution in [0.1, 0.15) is 6.92 Å². The Balaban J connectivity index is 0. The van der Waals surface area contributed by atoms with Crippen LogP contribution in [0.5, 0.6) is 0 Å². The van der Waals surface area contributed by atoms with E-state index in [2.05, 4.69) is 11.4 Å². The van der Waals surface area contributed by atoms with Crippen LogP contribution >= 0.6 is 0 Å². The lowest BCUT2D eigenvalue weighted by atomic mass is 10.7. The molecule has 1 atom stereocenters. The van der Waals surface area contributed by atoms with Gasteiger partial charge in [0.25, 0.3) is 5.09 Å². The molecule has 12 heavy (non-hydrogen) atoms. The van der Waals surface area contributed by atoms with Crippen LogP contribution in [0.15, 0.2) is 12.7 Å². The van der Waals surface area contributed by atoms with E-state index in [0.717, 1.165) is 13.0 Å². The third kappa shape index (κ3) is 23.8. The molecule has 0 saturated carbocycles. The predicted molar refractivity (Wildman–Crippen MR) is 37.6 cm³/mol. The summed E-state index contributed by atoms with van der Waals surface area (Å²) >= 11 is 0. The van der Waals surface area contributed by atoms with Crippen molar-refractivity contribution < 1.29 is 24.9 Å². The second-order valence-electron chi connectivity index (χ2n) is 1.47. The van der Waals surface area contributed by atoms with Crippen LogP contribution < -0.4 is 0 Å². The van der Waals surface area contributed by atoms with E-state index in [4.69, 9.17) is 10.2 Å². The van der Waals surface area contributed by atoms with Crippen molar-refractivity contribution >= 4 is 5.97 Å². The van der Waals surface area contributed by atoms with Gasteiger partial charge in [0.15, 0.2) is 6.29 Å². The average molecular weight is 179 g/mol. The maximum atomic E-state index is 9.25. The molecular weight excluding hydrogens is 170 g/mol. The molecule has 0 aromatic heterocycles. The fourth-order valence-electron chi connectivity index (χ4n) is 0.125. The molecule has 0 heterocycles. The van der Waals surface area contributed by atoms with Crippen molar-refractivity contribution in [3.8, 4) is 0 Å². The lowest BCUT2D eigenvalue weighted by molar-refractivity contribution is -0.778. The highest BCUT2D eigenvalue weighted by molar-refractivity contribution is 5.78. The van der Waals surface area contributed by atoms with Crippen molar-refractivity contribution in [2.75, 3.05) is 0 Å². The first-order valence-corrected chi connectivity index (χ1v) is 2.74. The van der Waals surface area contributed by atoms with E-state index in [1.165, 1.54) is 0 Å². The molecule has 0 aliphatic heterocycles. The monoisotopic (exact) mass is 179 g/mol. The molecule has 2 N–H and O–H groups in total. The molecule has 0 aromatic carbocycles. The minimum Gasteiger partial charge on any atom is -0.478 e. The quantitative estimate of drug-likeness (QED) is 0.268. The van der Waals surface area contributed by atoms with Gasteiger partial charge in [-0.2, -0.15) is 0 Å². The van der Waals surface area contributed by atoms with Crippen molar-refractivity contribution in [1.29, 1.82) is 0 Å². The first-order valence-electron chi connectivity index (χ1n) is 2.74. The van der Waals surface area contributed by atoms with Gasteiger partial charge in [-0.05, 0) is 6.92 Å². The van der Waals surface area contributed by atoms with Gasteiger partial charge < -0.3 is 10.2 Å². The second-order valence-corrected chi connectivity index (χ2v) is 1.47. The average Bonchev–Trinajstić information content (AvgIpc) is 1.85. The third-order valence-electron chi connectivity index (χ3n) is 0.413. The van der Waals surface area contributed by atoms with Gasteiger partial charge in [0, 0.05) is 6.08 Å². The number of hydrogen-bond donors (Lipinski definition) is 2. The Bertz CT molecular complexity index is 165. The van der Waals surface area contributed by atoms with Crippen LogP contribution in [-0.4, -0.2) is 27.6 Å². The SMILES string of the molecule is C=CC(=O)O.CC(O)O[N+](=O)[O-]. The van der Waals surface area contributed by atoms with E-state index in [-0.39, 0.29) is 0 Å². The van der Waals surface area contributed by atoms with Crippen LogP contribution in [0.25, 0.3) is 0 Å². The third-order valence-corrected chi connectivity index (χ3v) is 0.413. The lowest BCUT2D eigenvalue weighted by Crippen LogP contribution is -2.11. The summed E-state index contributed by atoms with van der Waals surface area (Å²) in [4.78, 5) is 22.0. The fraction of sp³-hybridized carbons (Fsp3) is 0.400. The number of aliphatic hydroxyl groups is 1. The maximum Gasteiger partial charge on any atom is 0.327 e. The van der Waals surface area contributed by atoms with Crippen LogP contribution in [0.3, 0.4) is 0 Å². The normalized spacial score (nSPS) is 10.2. The molecule has 7 heteroatoms. The Labute approximate surface area is 68.0 Å². The number of rotatable bonds is 3. The van der Waals surface area contributed by atoms with Crippen LogP contribution in [-0.2, 0) is 9.63 Å². The van der Waals surface area contributed by atoms with Gasteiger partial charge in [-0.25, -0.2) is 4.79 Å². The number of hydrogen-bond acceptors (Lipinski definition) is 5. The molecule has 7 nitrogen and oxygen atoms in total. The van der Waals surface area contributed by atoms with E-state index in [9.17, 15) is 14.9 Å². The van der Waals surface area contributed by atoms with Crippen molar-refractivity contribution in [3.05, 3.63) is 22.8 Å². The standard InChI is InChI=1S/C3H4O2.C2H5NO4/c1-2-3(4)5;1-2(4)7-3(5)6/h2H,1H2,(H,4,5);2,4H,1H3. The molecule has 1 unspecified atom stereocenters. The molecule has 0 amide bonds. The Kier molecular flexibility index (Phi) is 8.10. The van der Waals surface area contributed by atoms with E-state index < -0.39 is 17.3 Å². The van der Waals surface area contributed by atoms with E-state index >= 15 is 0 Å². The summed E-state index contributed by atoms with van der Waals surface area (Å²) in [5.41, 5.74) is 0. The Morgan fingerprint density at radius 1 is 1.83 bits per heavy atom. The van der Waals surface area contributed by atoms with E-state index in [1.54, 1.807) is 0 Å². The predicted octanol–water partition coefficient (Wildman–Crippen LogP) is -0.210. The largest absolute Gasteiger partial charge is 0.478 e. The van der Waals surface area contributed by atoms with Crippen molar-refractivity contribution in [2.24, 2.45) is 0 Å². The number of aliphatic carboxylic acids is 1. The van der Waals surface area contributed by atoms with Crippen molar-refractivity contribution in [3.63, 3.8) is 0 Å². The number of aliphatic hydroxyl groups excluding tert-OH is 1. The first-order chi connectivity index (χ1) is 5.40. The highest BCUT2D eigenvalue weighted by atomic mass is 17.0. The van der Waals surface area contributed by atoms with Crippen molar-refractivity contribution in [1.82, 2.24) is 0 Å². The molecular formula is C5H9NO6. The molecule has 0 radical (unpaired) electrons. The van der Waals surface area contributed by atoms with Gasteiger partial charge in [-0.15, -0.1) is 10.1 Å². The smallest absolute Gasteiger partial charge is 0.327 e. The Hall–Kier alpha value is -1.63. The lowest BCUT2D eigenvalue weighted by Gasteiger charge is -1.96. The molecule has 0 aromatic rings. The first kappa shape index (κ1) is 13.0. The number of nitrogens with zero attached hydrogens (tertiary/aromatic N) is 1. The Morgan fingerprint density at radius 2 is 2.17 bits per heavy atom. The van der Waals surface area contributed by atoms with Crippen LogP contribution in [0, 0.1) is 10.1 Å². The van der Waals surface area contributed by atoms with Gasteiger partial charge in [0.05, 0.1) is 0 Å². The molecule has 0 aliphatic carbocycles. The Morgan fingerprint density at radius 3 is 2.17 bits per heavy atom. The number of carbonyl (C=O) groups is 1. The topological polar surface area (TPSA) is 110 Å². The summed E-state index contributed by atoms with van der Waals surface area (Å²) < 4.78 is 0. The van der Waals surface area contributed by atoms with E-state index in [1.807, 2.05) is 0 Å². The summed E-state index contributed by atoms with van der Waals surface area (Å²) in [7, 11) is 0. The zero-order valence-electron chi connectivity index (χ0n) is 6.34. The zero-order valence-corrected chi connectivity index (χ0v) is 6.34. The van der Waals surface area contributed by atoms with Gasteiger partial charge >= 0.3 is 5.97 Å². The number of carboxylic acid groups (broad SMARTS) is 1. The van der Waals surface area contributed by atoms with Crippen LogP contribution in [0.2, 0.25) is 0 Å². The summed E-state index contributed by atoms with van der Waals surface area (Å²) in [6.45, 7) is 4.12. The van der Waals surface area contributed by atoms with Gasteiger partial charge in [-0.3, -0.25) is 4.84 Å². The molecule has 0 bridgehead atoms. The minimum absolute atomic E-state index is 0.833. The molecule has 0 spiro atoms. The highest BCUT2D eigenvalue weighted by Gasteiger charge is 1.97.